The summed E-state index contributed by atoms with van der Waals surface area (Å²) in [5, 5.41) is 119. The molecule has 0 aromatic heterocycles. The highest BCUT2D eigenvalue weighted by Crippen LogP contribution is 2.28. The molecule has 4 heterocycles. The Morgan fingerprint density at radius 1 is 0.292 bits per heavy atom. The summed E-state index contributed by atoms with van der Waals surface area (Å²) in [6.45, 7) is 0.662. The van der Waals surface area contributed by atoms with E-state index in [0.717, 1.165) is 0 Å². The third-order valence-electron chi connectivity index (χ3n) is 14.6. The first-order chi connectivity index (χ1) is 34.6. The molecule has 426 valence electrons. The molecule has 20 unspecified atom stereocenters. The largest absolute Gasteiger partial charge is 0.396 e. The number of aliphatic hydroxyl groups is 11. The topological polar surface area (TPSA) is 315 Å². The SMILES string of the molecule is COC1COCC(COC2COCC(CO)CC(OC3COCC(CO)CC(OC)CC(O)CC(O)C3)CC(O)CC(O)C2)CC(OC2COCC(CO)CC(OC)CC(O)CC(O)C2)CC(O)CC(O)C1. The highest BCUT2D eigenvalue weighted by molar-refractivity contribution is 4.83. The lowest BCUT2D eigenvalue weighted by atomic mass is 9.94. The van der Waals surface area contributed by atoms with E-state index in [4.69, 9.17) is 47.4 Å². The Kier molecular flexibility index (Phi) is 31.4. The molecule has 72 heavy (non-hydrogen) atoms. The molecule has 0 saturated carbocycles. The van der Waals surface area contributed by atoms with Gasteiger partial charge in [-0.15, -0.1) is 0 Å². The lowest BCUT2D eigenvalue weighted by Gasteiger charge is -2.34. The lowest BCUT2D eigenvalue weighted by molar-refractivity contribution is -0.125. The molecule has 4 aliphatic heterocycles. The van der Waals surface area contributed by atoms with Crippen molar-refractivity contribution in [1.29, 1.82) is 0 Å². The summed E-state index contributed by atoms with van der Waals surface area (Å²) in [6, 6.07) is 0. The molecule has 4 saturated heterocycles. The maximum absolute atomic E-state index is 11.4. The third kappa shape index (κ3) is 25.5. The van der Waals surface area contributed by atoms with Crippen LogP contribution < -0.4 is 0 Å². The van der Waals surface area contributed by atoms with Crippen molar-refractivity contribution in [3.05, 3.63) is 0 Å². The van der Waals surface area contributed by atoms with Gasteiger partial charge in [-0.25, -0.2) is 0 Å². The summed E-state index contributed by atoms with van der Waals surface area (Å²) in [7, 11) is 4.63. The van der Waals surface area contributed by atoms with E-state index in [9.17, 15) is 56.2 Å². The normalized spacial score (nSPS) is 41.6. The van der Waals surface area contributed by atoms with Gasteiger partial charge in [0.15, 0.2) is 0 Å². The Labute approximate surface area is 427 Å². The molecule has 0 aromatic carbocycles. The van der Waals surface area contributed by atoms with Crippen LogP contribution in [0.5, 0.6) is 0 Å². The van der Waals surface area contributed by atoms with Gasteiger partial charge >= 0.3 is 0 Å². The first-order valence-corrected chi connectivity index (χ1v) is 26.7. The molecule has 20 atom stereocenters. The number of hydrogen-bond acceptors (Lipinski definition) is 21. The van der Waals surface area contributed by atoms with Crippen LogP contribution in [0.1, 0.15) is 103 Å². The van der Waals surface area contributed by atoms with Crippen LogP contribution in [0.4, 0.5) is 0 Å². The van der Waals surface area contributed by atoms with Crippen LogP contribution in [0.3, 0.4) is 0 Å². The van der Waals surface area contributed by atoms with E-state index in [1.165, 1.54) is 7.11 Å². The van der Waals surface area contributed by atoms with E-state index in [1.54, 1.807) is 14.2 Å². The van der Waals surface area contributed by atoms with Gasteiger partial charge in [0, 0.05) is 90.5 Å². The number of aliphatic hydroxyl groups excluding tert-OH is 11. The fraction of sp³-hybridized carbons (Fsp3) is 1.00. The van der Waals surface area contributed by atoms with Crippen LogP contribution in [-0.2, 0) is 47.4 Å². The maximum Gasteiger partial charge on any atom is 0.0836 e. The smallest absolute Gasteiger partial charge is 0.0836 e. The van der Waals surface area contributed by atoms with Gasteiger partial charge in [-0.1, -0.05) is 0 Å². The number of hydrogen-bond donors (Lipinski definition) is 11. The Balaban J connectivity index is 1.45. The first-order valence-electron chi connectivity index (χ1n) is 26.7. The van der Waals surface area contributed by atoms with E-state index in [2.05, 4.69) is 0 Å². The fourth-order valence-corrected chi connectivity index (χ4v) is 10.7. The molecular weight excluding hydrogens is 949 g/mol. The van der Waals surface area contributed by atoms with Gasteiger partial charge in [-0.05, 0) is 77.0 Å². The molecule has 4 fully saturated rings. The van der Waals surface area contributed by atoms with Crippen molar-refractivity contribution in [2.24, 2.45) is 23.7 Å². The van der Waals surface area contributed by atoms with Crippen LogP contribution in [0.15, 0.2) is 0 Å². The molecule has 11 N–H and O–H groups in total. The summed E-state index contributed by atoms with van der Waals surface area (Å²) < 4.78 is 60.8. The Morgan fingerprint density at radius 2 is 0.556 bits per heavy atom. The van der Waals surface area contributed by atoms with E-state index in [0.29, 0.717) is 19.3 Å². The van der Waals surface area contributed by atoms with Gasteiger partial charge < -0.3 is 104 Å². The van der Waals surface area contributed by atoms with Crippen molar-refractivity contribution in [2.45, 2.75) is 200 Å². The number of methoxy groups -OCH3 is 3. The molecule has 0 aromatic rings. The minimum absolute atomic E-state index is 0.0126. The van der Waals surface area contributed by atoms with Gasteiger partial charge in [0.1, 0.15) is 0 Å². The quantitative estimate of drug-likeness (QED) is 0.112. The monoisotopic (exact) mass is 1040 g/mol. The molecule has 21 nitrogen and oxygen atoms in total. The molecular formula is C51H96O21. The summed E-state index contributed by atoms with van der Waals surface area (Å²) in [6.07, 6.45) is -8.56. The van der Waals surface area contributed by atoms with Crippen LogP contribution in [0.2, 0.25) is 0 Å². The summed E-state index contributed by atoms with van der Waals surface area (Å²) in [5.41, 5.74) is 0. The second kappa shape index (κ2) is 35.5. The van der Waals surface area contributed by atoms with Crippen LogP contribution >= 0.6 is 0 Å². The third-order valence-corrected chi connectivity index (χ3v) is 14.6. The van der Waals surface area contributed by atoms with Gasteiger partial charge in [-0.3, -0.25) is 0 Å². The summed E-state index contributed by atoms with van der Waals surface area (Å²) in [4.78, 5) is 0. The summed E-state index contributed by atoms with van der Waals surface area (Å²) in [5.74, 6) is -1.24. The van der Waals surface area contributed by atoms with Gasteiger partial charge in [-0.2, -0.15) is 0 Å². The average molecular weight is 1050 g/mol. The van der Waals surface area contributed by atoms with E-state index >= 15 is 0 Å². The average Bonchev–Trinajstić information content (AvgIpc) is 3.31. The van der Waals surface area contributed by atoms with Crippen LogP contribution in [0.25, 0.3) is 0 Å². The lowest BCUT2D eigenvalue weighted by Crippen LogP contribution is -2.39. The number of rotatable bonds is 13. The Hall–Kier alpha value is -0.840. The maximum atomic E-state index is 11.4. The molecule has 0 aliphatic carbocycles. The van der Waals surface area contributed by atoms with Gasteiger partial charge in [0.25, 0.3) is 0 Å². The van der Waals surface area contributed by atoms with Crippen molar-refractivity contribution >= 4 is 0 Å². The number of ether oxygens (including phenoxy) is 10. The van der Waals surface area contributed by atoms with E-state index in [1.807, 2.05) is 0 Å². The predicted molar refractivity (Wildman–Crippen MR) is 260 cm³/mol. The van der Waals surface area contributed by atoms with Crippen LogP contribution in [-0.4, -0.2) is 254 Å². The van der Waals surface area contributed by atoms with Crippen molar-refractivity contribution in [3.63, 3.8) is 0 Å². The second-order valence-corrected chi connectivity index (χ2v) is 21.5. The second-order valence-electron chi connectivity index (χ2n) is 21.5. The summed E-state index contributed by atoms with van der Waals surface area (Å²) >= 11 is 0. The minimum Gasteiger partial charge on any atom is -0.396 e. The zero-order valence-corrected chi connectivity index (χ0v) is 43.3. The highest BCUT2D eigenvalue weighted by Gasteiger charge is 2.34. The van der Waals surface area contributed by atoms with Gasteiger partial charge in [0.2, 0.25) is 0 Å². The Morgan fingerprint density at radius 3 is 0.917 bits per heavy atom. The van der Waals surface area contributed by atoms with Crippen molar-refractivity contribution in [3.8, 4) is 0 Å². The molecule has 4 rings (SSSR count). The fourth-order valence-electron chi connectivity index (χ4n) is 10.7. The predicted octanol–water partition coefficient (Wildman–Crippen LogP) is -0.384. The molecule has 0 amide bonds. The van der Waals surface area contributed by atoms with Crippen molar-refractivity contribution in [1.82, 2.24) is 0 Å². The minimum atomic E-state index is -1.01. The van der Waals surface area contributed by atoms with E-state index in [-0.39, 0.29) is 193 Å². The zero-order valence-electron chi connectivity index (χ0n) is 43.3. The standard InChI is InChI=1S/C51H96O21/c1-63-44-4-32(20-52)23-67-30-50(18-42(61)8-36(55)12-44)71-46-6-34(22-54)25-66-29-49(17-41(60)11-39(58)14-46)70-27-35-7-47(15-38(57)10-40(59)16-48(65-3)28-69-26-35)72-51-19-43(62)9-37(56)13-45(64-2)5-33(21-53)24-68-31-51/h32-62H,4-31H2,1-3H3. The van der Waals surface area contributed by atoms with Crippen molar-refractivity contribution < 1.29 is 104 Å². The van der Waals surface area contributed by atoms with Crippen molar-refractivity contribution in [2.75, 3.05) is 101 Å². The van der Waals surface area contributed by atoms with Crippen LogP contribution in [0, 0.1) is 23.7 Å². The molecule has 0 spiro atoms. The van der Waals surface area contributed by atoms with Gasteiger partial charge in [0.05, 0.1) is 157 Å². The zero-order chi connectivity index (χ0) is 52.4. The molecule has 0 bridgehead atoms. The molecule has 21 heteroatoms. The first kappa shape index (κ1) is 63.7. The highest BCUT2D eigenvalue weighted by atomic mass is 16.6. The van der Waals surface area contributed by atoms with E-state index < -0.39 is 91.4 Å². The molecule has 0 radical (unpaired) electrons. The Bertz CT molecular complexity index is 1360. The molecule has 4 aliphatic rings.